The van der Waals surface area contributed by atoms with Crippen molar-refractivity contribution >= 4 is 6.21 Å². The third-order valence-corrected chi connectivity index (χ3v) is 1.26. The lowest BCUT2D eigenvalue weighted by molar-refractivity contribution is 0.926. The Labute approximate surface area is 53.6 Å². The summed E-state index contributed by atoms with van der Waals surface area (Å²) in [5.74, 6) is 0.160. The third-order valence-electron chi connectivity index (χ3n) is 1.26. The van der Waals surface area contributed by atoms with E-state index < -0.39 is 0 Å². The summed E-state index contributed by atoms with van der Waals surface area (Å²) in [4.78, 5) is 0. The first-order chi connectivity index (χ1) is 4.34. The van der Waals surface area contributed by atoms with Crippen molar-refractivity contribution < 1.29 is 0 Å². The molecule has 1 rings (SSSR count). The van der Waals surface area contributed by atoms with Crippen LogP contribution >= 0.6 is 0 Å². The molecule has 1 aromatic rings. The van der Waals surface area contributed by atoms with E-state index in [1.165, 1.54) is 6.21 Å². The molecular formula is C6H9N3. The topological polar surface area (TPSA) is 52.5 Å². The minimum atomic E-state index is 0.160. The van der Waals surface area contributed by atoms with E-state index in [9.17, 15) is 0 Å². The van der Waals surface area contributed by atoms with E-state index in [-0.39, 0.29) is 5.92 Å². The van der Waals surface area contributed by atoms with Gasteiger partial charge in [0.05, 0.1) is 0 Å². The van der Waals surface area contributed by atoms with Gasteiger partial charge in [0.15, 0.2) is 0 Å². The van der Waals surface area contributed by atoms with Crippen LogP contribution < -0.4 is 0 Å². The van der Waals surface area contributed by atoms with Crippen LogP contribution in [-0.2, 0) is 0 Å². The molecule has 1 heterocycles. The van der Waals surface area contributed by atoms with Crippen molar-refractivity contribution in [2.75, 3.05) is 0 Å². The third kappa shape index (κ3) is 1.16. The van der Waals surface area contributed by atoms with Crippen molar-refractivity contribution in [1.29, 1.82) is 5.41 Å². The smallest absolute Gasteiger partial charge is 0.0490 e. The summed E-state index contributed by atoms with van der Waals surface area (Å²) in [6, 6.07) is 1.87. The van der Waals surface area contributed by atoms with Gasteiger partial charge in [-0.25, -0.2) is 0 Å². The van der Waals surface area contributed by atoms with E-state index in [4.69, 9.17) is 5.41 Å². The van der Waals surface area contributed by atoms with Crippen LogP contribution in [0.4, 0.5) is 0 Å². The van der Waals surface area contributed by atoms with Crippen LogP contribution in [0.15, 0.2) is 12.3 Å². The van der Waals surface area contributed by atoms with Gasteiger partial charge in [0, 0.05) is 24.0 Å². The molecule has 3 heteroatoms. The highest BCUT2D eigenvalue weighted by Gasteiger charge is 1.99. The van der Waals surface area contributed by atoms with Gasteiger partial charge in [-0.3, -0.25) is 5.10 Å². The number of hydrogen-bond acceptors (Lipinski definition) is 2. The van der Waals surface area contributed by atoms with Crippen molar-refractivity contribution in [3.8, 4) is 0 Å². The Morgan fingerprint density at radius 3 is 3.11 bits per heavy atom. The zero-order chi connectivity index (χ0) is 6.69. The highest BCUT2D eigenvalue weighted by Crippen LogP contribution is 2.06. The van der Waals surface area contributed by atoms with Crippen LogP contribution in [0.25, 0.3) is 0 Å². The van der Waals surface area contributed by atoms with Crippen molar-refractivity contribution in [3.05, 3.63) is 18.0 Å². The Kier molecular flexibility index (Phi) is 1.63. The van der Waals surface area contributed by atoms with E-state index in [1.54, 1.807) is 6.20 Å². The van der Waals surface area contributed by atoms with E-state index >= 15 is 0 Å². The van der Waals surface area contributed by atoms with Crippen LogP contribution in [0.3, 0.4) is 0 Å². The summed E-state index contributed by atoms with van der Waals surface area (Å²) in [6.07, 6.45) is 3.07. The molecule has 2 N–H and O–H groups in total. The second-order valence-electron chi connectivity index (χ2n) is 1.97. The Bertz CT molecular complexity index is 178. The standard InChI is InChI=1S/C6H9N3/c1-5(4-7)6-2-3-8-9-6/h2-5,7H,1H3,(H,8,9). The van der Waals surface area contributed by atoms with Crippen LogP contribution in [0.2, 0.25) is 0 Å². The molecule has 3 nitrogen and oxygen atoms in total. The van der Waals surface area contributed by atoms with Gasteiger partial charge in [0.1, 0.15) is 0 Å². The minimum absolute atomic E-state index is 0.160. The highest BCUT2D eigenvalue weighted by molar-refractivity contribution is 5.62. The molecule has 0 aliphatic rings. The predicted molar refractivity (Wildman–Crippen MR) is 35.8 cm³/mol. The maximum absolute atomic E-state index is 6.91. The molecule has 0 radical (unpaired) electrons. The minimum Gasteiger partial charge on any atom is -0.312 e. The fraction of sp³-hybridized carbons (Fsp3) is 0.333. The first-order valence-electron chi connectivity index (χ1n) is 2.84. The van der Waals surface area contributed by atoms with E-state index in [2.05, 4.69) is 10.2 Å². The lowest BCUT2D eigenvalue weighted by atomic mass is 10.1. The SMILES string of the molecule is CC(C=N)c1ccn[nH]1. The van der Waals surface area contributed by atoms with Gasteiger partial charge in [-0.1, -0.05) is 6.92 Å². The zero-order valence-electron chi connectivity index (χ0n) is 5.26. The Balaban J connectivity index is 2.76. The number of aromatic nitrogens is 2. The molecule has 0 saturated heterocycles. The van der Waals surface area contributed by atoms with Gasteiger partial charge >= 0.3 is 0 Å². The predicted octanol–water partition coefficient (Wildman–Crippen LogP) is 1.16. The number of rotatable bonds is 2. The quantitative estimate of drug-likeness (QED) is 0.570. The van der Waals surface area contributed by atoms with E-state index in [0.717, 1.165) is 5.69 Å². The fourth-order valence-electron chi connectivity index (χ4n) is 0.610. The van der Waals surface area contributed by atoms with Crippen molar-refractivity contribution in [2.45, 2.75) is 12.8 Å². The monoisotopic (exact) mass is 123 g/mol. The molecule has 1 atom stereocenters. The van der Waals surface area contributed by atoms with Gasteiger partial charge in [-0.05, 0) is 6.07 Å². The molecule has 1 unspecified atom stereocenters. The summed E-state index contributed by atoms with van der Waals surface area (Å²) in [5, 5.41) is 13.5. The van der Waals surface area contributed by atoms with Gasteiger partial charge in [-0.2, -0.15) is 5.10 Å². The Hall–Kier alpha value is -1.12. The van der Waals surface area contributed by atoms with Crippen molar-refractivity contribution in [3.63, 3.8) is 0 Å². The lowest BCUT2D eigenvalue weighted by Crippen LogP contribution is -1.93. The normalized spacial score (nSPS) is 13.0. The molecule has 1 aromatic heterocycles. The van der Waals surface area contributed by atoms with E-state index in [0.29, 0.717) is 0 Å². The molecule has 0 saturated carbocycles. The fourth-order valence-corrected chi connectivity index (χ4v) is 0.610. The number of hydrogen-bond donors (Lipinski definition) is 2. The Morgan fingerprint density at radius 2 is 2.67 bits per heavy atom. The molecule has 48 valence electrons. The largest absolute Gasteiger partial charge is 0.312 e. The summed E-state index contributed by atoms with van der Waals surface area (Å²) >= 11 is 0. The van der Waals surface area contributed by atoms with Gasteiger partial charge in [0.25, 0.3) is 0 Å². The summed E-state index contributed by atoms with van der Waals surface area (Å²) < 4.78 is 0. The average molecular weight is 123 g/mol. The second kappa shape index (κ2) is 2.44. The highest BCUT2D eigenvalue weighted by atomic mass is 15.1. The van der Waals surface area contributed by atoms with Gasteiger partial charge < -0.3 is 5.41 Å². The maximum Gasteiger partial charge on any atom is 0.0490 e. The first-order valence-corrected chi connectivity index (χ1v) is 2.84. The molecular weight excluding hydrogens is 114 g/mol. The second-order valence-corrected chi connectivity index (χ2v) is 1.97. The number of nitrogens with one attached hydrogen (secondary N) is 2. The van der Waals surface area contributed by atoms with Gasteiger partial charge in [0.2, 0.25) is 0 Å². The molecule has 9 heavy (non-hydrogen) atoms. The van der Waals surface area contributed by atoms with E-state index in [1.807, 2.05) is 13.0 Å². The zero-order valence-corrected chi connectivity index (χ0v) is 5.26. The molecule has 0 aliphatic carbocycles. The van der Waals surface area contributed by atoms with Crippen LogP contribution in [-0.4, -0.2) is 16.4 Å². The molecule has 0 spiro atoms. The van der Waals surface area contributed by atoms with Crippen LogP contribution in [0.1, 0.15) is 18.5 Å². The first kappa shape index (κ1) is 6.01. The summed E-state index contributed by atoms with van der Waals surface area (Å²) in [6.45, 7) is 1.94. The van der Waals surface area contributed by atoms with Gasteiger partial charge in [-0.15, -0.1) is 0 Å². The Morgan fingerprint density at radius 1 is 1.89 bits per heavy atom. The number of H-pyrrole nitrogens is 1. The molecule has 0 aliphatic heterocycles. The lowest BCUT2D eigenvalue weighted by Gasteiger charge is -1.96. The molecule has 0 aromatic carbocycles. The van der Waals surface area contributed by atoms with Crippen molar-refractivity contribution in [1.82, 2.24) is 10.2 Å². The molecule has 0 amide bonds. The molecule has 0 bridgehead atoms. The van der Waals surface area contributed by atoms with Crippen molar-refractivity contribution in [2.24, 2.45) is 0 Å². The summed E-state index contributed by atoms with van der Waals surface area (Å²) in [5.41, 5.74) is 0.991. The number of aromatic amines is 1. The number of nitrogens with zero attached hydrogens (tertiary/aromatic N) is 1. The maximum atomic E-state index is 6.91. The average Bonchev–Trinajstić information content (AvgIpc) is 2.37. The summed E-state index contributed by atoms with van der Waals surface area (Å²) in [7, 11) is 0. The van der Waals surface area contributed by atoms with Crippen LogP contribution in [0.5, 0.6) is 0 Å². The molecule has 0 fully saturated rings. The van der Waals surface area contributed by atoms with Crippen LogP contribution in [0, 0.1) is 5.41 Å².